The number of hydrogen-bond acceptors (Lipinski definition) is 3. The minimum Gasteiger partial charge on any atom is -0.467 e. The molecular weight excluding hydrogens is 204 g/mol. The molecule has 1 aromatic rings. The van der Waals surface area contributed by atoms with Crippen molar-refractivity contribution in [1.82, 2.24) is 0 Å². The second-order valence-electron chi connectivity index (χ2n) is 3.99. The van der Waals surface area contributed by atoms with E-state index in [9.17, 15) is 0 Å². The number of hydrogen-bond donors (Lipinski definition) is 2. The molecule has 1 fully saturated rings. The molecule has 4 heteroatoms. The molecule has 86 valence electrons. The van der Waals surface area contributed by atoms with Gasteiger partial charge in [-0.1, -0.05) is 12.1 Å². The number of ether oxygens (including phenoxy) is 2. The van der Waals surface area contributed by atoms with E-state index >= 15 is 0 Å². The van der Waals surface area contributed by atoms with Gasteiger partial charge in [0.1, 0.15) is 11.6 Å². The summed E-state index contributed by atoms with van der Waals surface area (Å²) in [6.07, 6.45) is 2.54. The van der Waals surface area contributed by atoms with E-state index in [4.69, 9.17) is 20.6 Å². The zero-order chi connectivity index (χ0) is 11.4. The summed E-state index contributed by atoms with van der Waals surface area (Å²) >= 11 is 0. The number of amidine groups is 1. The lowest BCUT2D eigenvalue weighted by Gasteiger charge is -2.10. The Bertz CT molecular complexity index is 375. The van der Waals surface area contributed by atoms with Crippen LogP contribution in [0.4, 0.5) is 0 Å². The van der Waals surface area contributed by atoms with E-state index in [1.807, 2.05) is 12.1 Å². The van der Waals surface area contributed by atoms with Crippen LogP contribution < -0.4 is 10.5 Å². The molecule has 0 spiro atoms. The maximum absolute atomic E-state index is 7.39. The molecule has 0 aliphatic heterocycles. The molecular formula is C12H16N2O2. The molecule has 0 heterocycles. The Kier molecular flexibility index (Phi) is 3.41. The highest BCUT2D eigenvalue weighted by Crippen LogP contribution is 2.28. The van der Waals surface area contributed by atoms with Crippen molar-refractivity contribution in [3.05, 3.63) is 29.8 Å². The van der Waals surface area contributed by atoms with Crippen molar-refractivity contribution in [2.75, 3.05) is 13.4 Å². The highest BCUT2D eigenvalue weighted by molar-refractivity contribution is 5.97. The van der Waals surface area contributed by atoms with E-state index in [1.54, 1.807) is 12.1 Å². The van der Waals surface area contributed by atoms with Crippen LogP contribution in [0.3, 0.4) is 0 Å². The van der Waals surface area contributed by atoms with Gasteiger partial charge in [0.25, 0.3) is 0 Å². The van der Waals surface area contributed by atoms with Crippen molar-refractivity contribution < 1.29 is 9.47 Å². The highest BCUT2D eigenvalue weighted by Gasteiger charge is 2.21. The number of benzene rings is 1. The van der Waals surface area contributed by atoms with Gasteiger partial charge in [0.2, 0.25) is 0 Å². The number of nitrogen functional groups attached to an aromatic ring is 1. The number of nitrogens with one attached hydrogen (secondary N) is 1. The second kappa shape index (κ2) is 4.99. The van der Waals surface area contributed by atoms with Crippen LogP contribution in [-0.2, 0) is 4.74 Å². The minimum atomic E-state index is 0.0118. The lowest BCUT2D eigenvalue weighted by molar-refractivity contribution is 0.00988. The Hall–Kier alpha value is -1.55. The van der Waals surface area contributed by atoms with E-state index in [0.717, 1.165) is 12.5 Å². The molecule has 0 bridgehead atoms. The van der Waals surface area contributed by atoms with Crippen LogP contribution in [0.5, 0.6) is 5.75 Å². The summed E-state index contributed by atoms with van der Waals surface area (Å²) in [4.78, 5) is 0. The van der Waals surface area contributed by atoms with E-state index in [-0.39, 0.29) is 12.6 Å². The molecule has 0 saturated heterocycles. The number of para-hydroxylation sites is 1. The molecule has 0 radical (unpaired) electrons. The SMILES string of the molecule is N=C(N)c1ccccc1OCOCC1CC1. The Morgan fingerprint density at radius 1 is 1.38 bits per heavy atom. The average Bonchev–Trinajstić information content (AvgIpc) is 3.08. The van der Waals surface area contributed by atoms with E-state index < -0.39 is 0 Å². The summed E-state index contributed by atoms with van der Waals surface area (Å²) in [6, 6.07) is 7.23. The average molecular weight is 220 g/mol. The maximum Gasteiger partial charge on any atom is 0.189 e. The lowest BCUT2D eigenvalue weighted by atomic mass is 10.2. The number of rotatable bonds is 6. The third-order valence-corrected chi connectivity index (χ3v) is 2.53. The fourth-order valence-corrected chi connectivity index (χ4v) is 1.42. The Balaban J connectivity index is 1.84. The van der Waals surface area contributed by atoms with Crippen LogP contribution in [-0.4, -0.2) is 19.2 Å². The quantitative estimate of drug-likeness (QED) is 0.332. The topological polar surface area (TPSA) is 68.3 Å². The van der Waals surface area contributed by atoms with Crippen LogP contribution in [0.1, 0.15) is 18.4 Å². The number of nitrogens with two attached hydrogens (primary N) is 1. The van der Waals surface area contributed by atoms with Gasteiger partial charge in [-0.3, -0.25) is 5.41 Å². The van der Waals surface area contributed by atoms with Crippen LogP contribution in [0.25, 0.3) is 0 Å². The van der Waals surface area contributed by atoms with Crippen molar-refractivity contribution in [3.8, 4) is 5.75 Å². The van der Waals surface area contributed by atoms with E-state index in [0.29, 0.717) is 11.3 Å². The largest absolute Gasteiger partial charge is 0.467 e. The summed E-state index contributed by atoms with van der Waals surface area (Å²) in [6.45, 7) is 0.989. The Morgan fingerprint density at radius 3 is 2.81 bits per heavy atom. The second-order valence-corrected chi connectivity index (χ2v) is 3.99. The molecule has 0 unspecified atom stereocenters. The predicted molar refractivity (Wildman–Crippen MR) is 61.6 cm³/mol. The normalized spacial score (nSPS) is 14.8. The van der Waals surface area contributed by atoms with Crippen molar-refractivity contribution >= 4 is 5.84 Å². The smallest absolute Gasteiger partial charge is 0.189 e. The lowest BCUT2D eigenvalue weighted by Crippen LogP contribution is -2.14. The van der Waals surface area contributed by atoms with Crippen LogP contribution in [0, 0.1) is 11.3 Å². The molecule has 1 aliphatic rings. The standard InChI is InChI=1S/C12H16N2O2/c13-12(14)10-3-1-2-4-11(10)16-8-15-7-9-5-6-9/h1-4,9H,5-8H2,(H3,13,14). The molecule has 3 N–H and O–H groups in total. The molecule has 1 saturated carbocycles. The first-order valence-electron chi connectivity index (χ1n) is 5.41. The zero-order valence-corrected chi connectivity index (χ0v) is 9.11. The molecule has 0 aromatic heterocycles. The van der Waals surface area contributed by atoms with E-state index in [2.05, 4.69) is 0 Å². The summed E-state index contributed by atoms with van der Waals surface area (Å²) in [7, 11) is 0. The Labute approximate surface area is 94.9 Å². The Morgan fingerprint density at radius 2 is 2.12 bits per heavy atom. The third-order valence-electron chi connectivity index (χ3n) is 2.53. The van der Waals surface area contributed by atoms with Crippen LogP contribution in [0.15, 0.2) is 24.3 Å². The zero-order valence-electron chi connectivity index (χ0n) is 9.11. The highest BCUT2D eigenvalue weighted by atomic mass is 16.7. The van der Waals surface area contributed by atoms with Crippen LogP contribution >= 0.6 is 0 Å². The molecule has 1 aliphatic carbocycles. The monoisotopic (exact) mass is 220 g/mol. The van der Waals surface area contributed by atoms with Gasteiger partial charge < -0.3 is 15.2 Å². The first kappa shape index (κ1) is 11.0. The van der Waals surface area contributed by atoms with Crippen molar-refractivity contribution in [2.45, 2.75) is 12.8 Å². The first-order valence-corrected chi connectivity index (χ1v) is 5.41. The molecule has 0 atom stereocenters. The van der Waals surface area contributed by atoms with E-state index in [1.165, 1.54) is 12.8 Å². The van der Waals surface area contributed by atoms with Crippen molar-refractivity contribution in [3.63, 3.8) is 0 Å². The summed E-state index contributed by atoms with van der Waals surface area (Å²) in [5.74, 6) is 1.34. The molecule has 0 amide bonds. The predicted octanol–water partition coefficient (Wildman–Crippen LogP) is 1.73. The minimum absolute atomic E-state index is 0.0118. The van der Waals surface area contributed by atoms with Crippen molar-refractivity contribution in [1.29, 1.82) is 5.41 Å². The molecule has 1 aromatic carbocycles. The van der Waals surface area contributed by atoms with Gasteiger partial charge >= 0.3 is 0 Å². The van der Waals surface area contributed by atoms with Gasteiger partial charge in [-0.05, 0) is 30.9 Å². The van der Waals surface area contributed by atoms with Gasteiger partial charge in [-0.15, -0.1) is 0 Å². The third kappa shape index (κ3) is 2.97. The van der Waals surface area contributed by atoms with Crippen LogP contribution in [0.2, 0.25) is 0 Å². The molecule has 4 nitrogen and oxygen atoms in total. The van der Waals surface area contributed by atoms with Gasteiger partial charge in [-0.2, -0.15) is 0 Å². The summed E-state index contributed by atoms with van der Waals surface area (Å²) < 4.78 is 10.8. The first-order chi connectivity index (χ1) is 7.77. The van der Waals surface area contributed by atoms with Gasteiger partial charge in [0.05, 0.1) is 12.2 Å². The molecule has 2 rings (SSSR count). The fourth-order valence-electron chi connectivity index (χ4n) is 1.42. The summed E-state index contributed by atoms with van der Waals surface area (Å²) in [5, 5.41) is 7.39. The van der Waals surface area contributed by atoms with Gasteiger partial charge in [0.15, 0.2) is 6.79 Å². The van der Waals surface area contributed by atoms with Gasteiger partial charge in [-0.25, -0.2) is 0 Å². The van der Waals surface area contributed by atoms with Gasteiger partial charge in [0, 0.05) is 0 Å². The fraction of sp³-hybridized carbons (Fsp3) is 0.417. The van der Waals surface area contributed by atoms with Crippen molar-refractivity contribution in [2.24, 2.45) is 11.7 Å². The summed E-state index contributed by atoms with van der Waals surface area (Å²) in [5.41, 5.74) is 6.05. The maximum atomic E-state index is 7.39. The molecule has 16 heavy (non-hydrogen) atoms.